The predicted molar refractivity (Wildman–Crippen MR) is 599 cm³/mol. The lowest BCUT2D eigenvalue weighted by Gasteiger charge is -2.15. The lowest BCUT2D eigenvalue weighted by atomic mass is 10.0. The van der Waals surface area contributed by atoms with Crippen LogP contribution in [0.15, 0.2) is 510 Å². The molecule has 0 aliphatic heterocycles. The van der Waals surface area contributed by atoms with Gasteiger partial charge >= 0.3 is 0 Å². The largest absolute Gasteiger partial charge is 0.309 e. The van der Waals surface area contributed by atoms with E-state index in [0.29, 0.717) is 52.4 Å². The summed E-state index contributed by atoms with van der Waals surface area (Å²) in [5.74, 6) is 5.81. The number of hydrogen-bond donors (Lipinski definition) is 0. The SMILES string of the molecule is c1ccc(-c2ccc3c4ccccc4n(-c4cc(-c5nc(-c6ccccc6)nc(-c6ccccc6)n5)c5ccccc5c4)c3c2)cc1.c1ccc2cc(-c3nc(-c4ccc5ccccc5c4)nc(-c4cc(-n5c6ccccc6c6ccccc65)c5ccccc5c4)n3)ccc2c1.c1ccc2cc(-c3nc(-c4ccc5ccccc5c4)nc(-c4ccc5cc(-n6c7ccccc7c7ccccc76)ccc5c4)n3)ccc2c1. The summed E-state index contributed by atoms with van der Waals surface area (Å²) >= 11 is 0. The van der Waals surface area contributed by atoms with Crippen LogP contribution in [0.5, 0.6) is 0 Å². The smallest absolute Gasteiger partial charge is 0.164 e. The Bertz CT molecular complexity index is 9840. The molecule has 29 aromatic rings. The van der Waals surface area contributed by atoms with E-state index in [2.05, 4.69) is 463 Å². The highest BCUT2D eigenvalue weighted by Crippen LogP contribution is 2.44. The summed E-state index contributed by atoms with van der Waals surface area (Å²) in [6.45, 7) is 0. The van der Waals surface area contributed by atoms with Gasteiger partial charge in [0.05, 0.1) is 38.8 Å². The van der Waals surface area contributed by atoms with E-state index < -0.39 is 0 Å². The second kappa shape index (κ2) is 35.9. The molecular formula is C133H84N12. The molecule has 12 nitrogen and oxygen atoms in total. The first-order chi connectivity index (χ1) is 71.8. The molecule has 145 heavy (non-hydrogen) atoms. The summed E-state index contributed by atoms with van der Waals surface area (Å²) in [6.07, 6.45) is 0. The van der Waals surface area contributed by atoms with Crippen LogP contribution in [0.3, 0.4) is 0 Å². The standard InChI is InChI=1S/2C45H28N4.C43H28N4/c1-3-11-31-25-35(20-17-29(31)9-1)43-46-44(36-21-18-30-10-2-4-12-32(30)26-36)48-45(47-43)37-22-19-34-28-38(24-23-33(34)27-37)49-41-15-7-5-13-39(41)40-14-6-8-16-42(40)49;1-3-13-31-25-34(23-21-29(31)11-1)43-46-44(35-24-22-30-12-2-4-14-32(30)26-35)48-45(47-43)36-27-33-15-5-6-16-37(33)42(28-36)49-40-19-9-7-17-38(40)39-18-8-10-20-41(39)49;1-4-14-29(15-5-1)32-24-25-37-36-22-12-13-23-39(36)47(40(37)27-32)34-26-33-20-10-11-21-35(33)38(28-34)43-45-41(30-16-6-2-7-17-30)44-42(46-43)31-18-8-3-9-19-31/h2*1-28H;1-28H. The van der Waals surface area contributed by atoms with Crippen molar-refractivity contribution in [2.24, 2.45) is 0 Å². The summed E-state index contributed by atoms with van der Waals surface area (Å²) in [6, 6.07) is 179. The second-order valence-corrected chi connectivity index (χ2v) is 36.8. The maximum absolute atomic E-state index is 5.19. The molecule has 29 rings (SSSR count). The maximum atomic E-state index is 5.19. The highest BCUT2D eigenvalue weighted by molar-refractivity contribution is 6.14. The molecule has 0 radical (unpaired) electrons. The van der Waals surface area contributed by atoms with Crippen molar-refractivity contribution < 1.29 is 0 Å². The number of nitrogens with zero attached hydrogens (tertiary/aromatic N) is 12. The van der Waals surface area contributed by atoms with E-state index >= 15 is 0 Å². The average molecular weight is 1850 g/mol. The van der Waals surface area contributed by atoms with Gasteiger partial charge in [-0.1, -0.05) is 406 Å². The molecule has 0 N–H and O–H groups in total. The quantitative estimate of drug-likeness (QED) is 0.111. The number of benzene rings is 23. The fraction of sp³-hybridized carbons (Fsp3) is 0. The van der Waals surface area contributed by atoms with Gasteiger partial charge in [0, 0.05) is 99.1 Å². The van der Waals surface area contributed by atoms with Crippen LogP contribution in [0.4, 0.5) is 0 Å². The van der Waals surface area contributed by atoms with Crippen molar-refractivity contribution in [1.29, 1.82) is 0 Å². The van der Waals surface area contributed by atoms with Gasteiger partial charge < -0.3 is 13.7 Å². The minimum atomic E-state index is 0.633. The first kappa shape index (κ1) is 84.6. The normalized spacial score (nSPS) is 11.6. The van der Waals surface area contributed by atoms with Crippen LogP contribution < -0.4 is 0 Å². The van der Waals surface area contributed by atoms with E-state index in [1.54, 1.807) is 0 Å². The Balaban J connectivity index is 0.000000108. The van der Waals surface area contributed by atoms with Gasteiger partial charge in [-0.05, 0) is 184 Å². The molecular weight excluding hydrogens is 1770 g/mol. The molecule has 0 fully saturated rings. The average Bonchev–Trinajstić information content (AvgIpc) is 1.61. The van der Waals surface area contributed by atoms with Crippen LogP contribution in [-0.4, -0.2) is 58.6 Å². The topological polar surface area (TPSA) is 131 Å². The van der Waals surface area contributed by atoms with Crippen LogP contribution in [0.2, 0.25) is 0 Å². The van der Waals surface area contributed by atoms with Crippen molar-refractivity contribution in [1.82, 2.24) is 58.6 Å². The minimum absolute atomic E-state index is 0.633. The number of para-hydroxylation sites is 5. The first-order valence-corrected chi connectivity index (χ1v) is 48.8. The summed E-state index contributed by atoms with van der Waals surface area (Å²) in [7, 11) is 0. The Hall–Kier alpha value is -19.7. The van der Waals surface area contributed by atoms with Gasteiger partial charge in [-0.25, -0.2) is 44.9 Å². The molecule has 23 aromatic carbocycles. The maximum Gasteiger partial charge on any atom is 0.164 e. The van der Waals surface area contributed by atoms with E-state index in [1.165, 1.54) is 76.0 Å². The van der Waals surface area contributed by atoms with Gasteiger partial charge in [0.2, 0.25) is 0 Å². The Labute approximate surface area is 833 Å². The highest BCUT2D eigenvalue weighted by atomic mass is 15.1. The van der Waals surface area contributed by atoms with Gasteiger partial charge in [0.25, 0.3) is 0 Å². The zero-order chi connectivity index (χ0) is 95.8. The van der Waals surface area contributed by atoms with Crippen molar-refractivity contribution in [3.8, 4) is 131 Å². The van der Waals surface area contributed by atoms with Crippen molar-refractivity contribution in [3.63, 3.8) is 0 Å². The molecule has 0 aliphatic carbocycles. The number of fused-ring (bicyclic) bond motifs is 16. The zero-order valence-electron chi connectivity index (χ0n) is 78.4. The predicted octanol–water partition coefficient (Wildman–Crippen LogP) is 33.6. The summed E-state index contributed by atoms with van der Waals surface area (Å²) in [5.41, 5.74) is 21.2. The highest BCUT2D eigenvalue weighted by Gasteiger charge is 2.25. The van der Waals surface area contributed by atoms with Crippen molar-refractivity contribution in [2.45, 2.75) is 0 Å². The molecule has 0 saturated carbocycles. The van der Waals surface area contributed by atoms with Crippen molar-refractivity contribution in [3.05, 3.63) is 510 Å². The lowest BCUT2D eigenvalue weighted by Crippen LogP contribution is -2.02. The van der Waals surface area contributed by atoms with E-state index in [0.717, 1.165) is 143 Å². The van der Waals surface area contributed by atoms with Gasteiger partial charge in [-0.15, -0.1) is 0 Å². The number of hydrogen-bond acceptors (Lipinski definition) is 9. The molecule has 0 amide bonds. The molecule has 0 spiro atoms. The Kier molecular flexibility index (Phi) is 21.0. The molecule has 0 atom stereocenters. The third-order valence-corrected chi connectivity index (χ3v) is 28.0. The van der Waals surface area contributed by atoms with Gasteiger partial charge in [-0.3, -0.25) is 0 Å². The second-order valence-electron chi connectivity index (χ2n) is 36.8. The van der Waals surface area contributed by atoms with Crippen LogP contribution in [0, 0.1) is 0 Å². The molecule has 676 valence electrons. The molecule has 6 aromatic heterocycles. The fourth-order valence-corrected chi connectivity index (χ4v) is 20.9. The van der Waals surface area contributed by atoms with Gasteiger partial charge in [0.15, 0.2) is 52.4 Å². The van der Waals surface area contributed by atoms with Crippen molar-refractivity contribution >= 4 is 141 Å². The molecule has 0 unspecified atom stereocenters. The molecule has 0 aliphatic rings. The number of aromatic nitrogens is 12. The van der Waals surface area contributed by atoms with Gasteiger partial charge in [-0.2, -0.15) is 0 Å². The minimum Gasteiger partial charge on any atom is -0.309 e. The Morgan fingerprint density at radius 2 is 0.372 bits per heavy atom. The first-order valence-electron chi connectivity index (χ1n) is 48.8. The zero-order valence-corrected chi connectivity index (χ0v) is 78.4. The van der Waals surface area contributed by atoms with Crippen LogP contribution >= 0.6 is 0 Å². The molecule has 0 saturated heterocycles. The van der Waals surface area contributed by atoms with Crippen LogP contribution in [0.25, 0.3) is 272 Å². The molecule has 12 heteroatoms. The van der Waals surface area contributed by atoms with E-state index in [4.69, 9.17) is 44.9 Å². The number of rotatable bonds is 13. The third kappa shape index (κ3) is 15.7. The molecule has 6 heterocycles. The summed E-state index contributed by atoms with van der Waals surface area (Å²) < 4.78 is 7.12. The van der Waals surface area contributed by atoms with Crippen molar-refractivity contribution in [2.75, 3.05) is 0 Å². The monoisotopic (exact) mass is 1850 g/mol. The van der Waals surface area contributed by atoms with E-state index in [1.807, 2.05) is 60.7 Å². The lowest BCUT2D eigenvalue weighted by molar-refractivity contribution is 1.07. The molecule has 0 bridgehead atoms. The van der Waals surface area contributed by atoms with Crippen LogP contribution in [0.1, 0.15) is 0 Å². The summed E-state index contributed by atoms with van der Waals surface area (Å²) in [4.78, 5) is 45.9. The Morgan fingerprint density at radius 1 is 0.117 bits per heavy atom. The van der Waals surface area contributed by atoms with E-state index in [9.17, 15) is 0 Å². The van der Waals surface area contributed by atoms with Crippen LogP contribution in [-0.2, 0) is 0 Å². The van der Waals surface area contributed by atoms with Gasteiger partial charge in [0.1, 0.15) is 0 Å². The fourth-order valence-electron chi connectivity index (χ4n) is 20.9. The Morgan fingerprint density at radius 3 is 0.779 bits per heavy atom. The summed E-state index contributed by atoms with van der Waals surface area (Å²) in [5, 5.41) is 23.5. The van der Waals surface area contributed by atoms with E-state index in [-0.39, 0.29) is 0 Å². The third-order valence-electron chi connectivity index (χ3n) is 28.0.